The molecule has 0 bridgehead atoms. The predicted octanol–water partition coefficient (Wildman–Crippen LogP) is 6.58. The van der Waals surface area contributed by atoms with Gasteiger partial charge in [0, 0.05) is 17.3 Å². The van der Waals surface area contributed by atoms with E-state index in [9.17, 15) is 4.79 Å². The summed E-state index contributed by atoms with van der Waals surface area (Å²) in [6, 6.07) is 8.32. The first kappa shape index (κ1) is 20.7. The summed E-state index contributed by atoms with van der Waals surface area (Å²) in [4.78, 5) is 26.8. The van der Waals surface area contributed by atoms with Crippen molar-refractivity contribution in [1.82, 2.24) is 15.0 Å². The van der Waals surface area contributed by atoms with Crippen molar-refractivity contribution >= 4 is 68.4 Å². The van der Waals surface area contributed by atoms with Crippen LogP contribution in [-0.4, -0.2) is 20.9 Å². The fourth-order valence-corrected chi connectivity index (χ4v) is 4.65. The smallest absolute Gasteiger partial charge is 0.257 e. The minimum atomic E-state index is -0.292. The molecule has 152 valence electrons. The second-order valence-corrected chi connectivity index (χ2v) is 9.20. The number of carbonyl (C=O) groups is 1. The Bertz CT molecular complexity index is 1220. The number of thiazole rings is 2. The Morgan fingerprint density at radius 2 is 1.90 bits per heavy atom. The number of anilines is 3. The van der Waals surface area contributed by atoms with Crippen molar-refractivity contribution in [2.45, 2.75) is 13.8 Å². The van der Waals surface area contributed by atoms with Crippen LogP contribution in [0.15, 0.2) is 41.9 Å². The van der Waals surface area contributed by atoms with E-state index in [0.29, 0.717) is 27.1 Å². The van der Waals surface area contributed by atoms with Gasteiger partial charge in [0.15, 0.2) is 5.13 Å². The van der Waals surface area contributed by atoms with E-state index < -0.39 is 0 Å². The summed E-state index contributed by atoms with van der Waals surface area (Å²) in [7, 11) is 0. The minimum absolute atomic E-state index is 0.292. The van der Waals surface area contributed by atoms with Crippen molar-refractivity contribution in [3.63, 3.8) is 0 Å². The summed E-state index contributed by atoms with van der Waals surface area (Å²) in [5.41, 5.74) is 2.84. The van der Waals surface area contributed by atoms with Crippen molar-refractivity contribution in [3.05, 3.63) is 68.2 Å². The molecule has 0 aliphatic rings. The standard InChI is InChI=1S/C20H15Cl2N5OS2/c1-10-18(30-11(2)24-10)16-9-29-20(26-16)27-17-6-3-12(8-23-17)19(28)25-13-4-5-14(21)15(22)7-13/h3-9H,1-2H3,(H,25,28)(H,23,26,27). The number of benzene rings is 1. The Balaban J connectivity index is 1.43. The van der Waals surface area contributed by atoms with Gasteiger partial charge in [0.1, 0.15) is 5.82 Å². The van der Waals surface area contributed by atoms with E-state index in [1.54, 1.807) is 41.7 Å². The Morgan fingerprint density at radius 1 is 1.07 bits per heavy atom. The highest BCUT2D eigenvalue weighted by Crippen LogP contribution is 2.32. The molecule has 2 N–H and O–H groups in total. The van der Waals surface area contributed by atoms with Gasteiger partial charge in [-0.1, -0.05) is 23.2 Å². The van der Waals surface area contributed by atoms with Crippen molar-refractivity contribution in [3.8, 4) is 10.6 Å². The molecule has 6 nitrogen and oxygen atoms in total. The molecule has 0 saturated heterocycles. The number of rotatable bonds is 5. The summed E-state index contributed by atoms with van der Waals surface area (Å²) >= 11 is 15.0. The average molecular weight is 476 g/mol. The average Bonchev–Trinajstić information content (AvgIpc) is 3.30. The molecule has 0 unspecified atom stereocenters. The van der Waals surface area contributed by atoms with Crippen LogP contribution in [-0.2, 0) is 0 Å². The number of aryl methyl sites for hydroxylation is 2. The zero-order chi connectivity index (χ0) is 21.3. The van der Waals surface area contributed by atoms with Gasteiger partial charge < -0.3 is 10.6 Å². The lowest BCUT2D eigenvalue weighted by molar-refractivity contribution is 0.102. The monoisotopic (exact) mass is 475 g/mol. The Kier molecular flexibility index (Phi) is 6.01. The molecule has 4 aromatic rings. The highest BCUT2D eigenvalue weighted by molar-refractivity contribution is 7.16. The van der Waals surface area contributed by atoms with E-state index in [-0.39, 0.29) is 5.91 Å². The maximum Gasteiger partial charge on any atom is 0.257 e. The van der Waals surface area contributed by atoms with E-state index in [1.165, 1.54) is 17.5 Å². The fourth-order valence-electron chi connectivity index (χ4n) is 2.69. The first-order valence-electron chi connectivity index (χ1n) is 8.78. The van der Waals surface area contributed by atoms with E-state index in [1.807, 2.05) is 19.2 Å². The number of halogens is 2. The maximum atomic E-state index is 12.4. The number of amides is 1. The van der Waals surface area contributed by atoms with Gasteiger partial charge in [0.05, 0.1) is 36.9 Å². The van der Waals surface area contributed by atoms with Crippen LogP contribution in [0.1, 0.15) is 21.1 Å². The molecular weight excluding hydrogens is 461 g/mol. The quantitative estimate of drug-likeness (QED) is 0.340. The van der Waals surface area contributed by atoms with Crippen molar-refractivity contribution in [2.75, 3.05) is 10.6 Å². The summed E-state index contributed by atoms with van der Waals surface area (Å²) in [6.45, 7) is 3.96. The molecule has 0 radical (unpaired) electrons. The van der Waals surface area contributed by atoms with Gasteiger partial charge in [0.2, 0.25) is 0 Å². The predicted molar refractivity (Wildman–Crippen MR) is 125 cm³/mol. The molecule has 4 rings (SSSR count). The van der Waals surface area contributed by atoms with Gasteiger partial charge in [-0.3, -0.25) is 4.79 Å². The number of pyridine rings is 1. The highest BCUT2D eigenvalue weighted by Gasteiger charge is 2.12. The molecule has 0 spiro atoms. The summed E-state index contributed by atoms with van der Waals surface area (Å²) in [5.74, 6) is 0.305. The van der Waals surface area contributed by atoms with Gasteiger partial charge in [0.25, 0.3) is 5.91 Å². The zero-order valence-corrected chi connectivity index (χ0v) is 19.0. The lowest BCUT2D eigenvalue weighted by Crippen LogP contribution is -2.12. The first-order chi connectivity index (χ1) is 14.4. The number of carbonyl (C=O) groups excluding carboxylic acids is 1. The Hall–Kier alpha value is -2.52. The molecule has 0 aliphatic carbocycles. The van der Waals surface area contributed by atoms with E-state index >= 15 is 0 Å². The van der Waals surface area contributed by atoms with Crippen LogP contribution in [0.2, 0.25) is 10.0 Å². The third-order valence-corrected chi connectivity index (χ3v) is 6.67. The minimum Gasteiger partial charge on any atom is -0.322 e. The second kappa shape index (κ2) is 8.69. The number of nitrogens with zero attached hydrogens (tertiary/aromatic N) is 3. The normalized spacial score (nSPS) is 10.8. The number of hydrogen-bond acceptors (Lipinski definition) is 7. The lowest BCUT2D eigenvalue weighted by atomic mass is 10.2. The molecule has 1 amide bonds. The Labute approximate surface area is 191 Å². The molecule has 30 heavy (non-hydrogen) atoms. The molecule has 10 heteroatoms. The van der Waals surface area contributed by atoms with E-state index in [4.69, 9.17) is 23.2 Å². The van der Waals surface area contributed by atoms with Gasteiger partial charge in [-0.05, 0) is 44.2 Å². The summed E-state index contributed by atoms with van der Waals surface area (Å²) in [5, 5.41) is 10.5. The van der Waals surface area contributed by atoms with Crippen LogP contribution in [0, 0.1) is 13.8 Å². The maximum absolute atomic E-state index is 12.4. The van der Waals surface area contributed by atoms with Crippen LogP contribution < -0.4 is 10.6 Å². The van der Waals surface area contributed by atoms with Crippen molar-refractivity contribution < 1.29 is 4.79 Å². The number of aromatic nitrogens is 3. The SMILES string of the molecule is Cc1nc(C)c(-c2csc(Nc3ccc(C(=O)Nc4ccc(Cl)c(Cl)c4)cn3)n2)s1. The lowest BCUT2D eigenvalue weighted by Gasteiger charge is -2.07. The van der Waals surface area contributed by atoms with Crippen LogP contribution >= 0.6 is 45.9 Å². The highest BCUT2D eigenvalue weighted by atomic mass is 35.5. The van der Waals surface area contributed by atoms with Gasteiger partial charge >= 0.3 is 0 Å². The number of nitrogens with one attached hydrogen (secondary N) is 2. The number of hydrogen-bond donors (Lipinski definition) is 2. The molecule has 3 heterocycles. The molecular formula is C20H15Cl2N5OS2. The summed E-state index contributed by atoms with van der Waals surface area (Å²) in [6.07, 6.45) is 1.50. The van der Waals surface area contributed by atoms with E-state index in [2.05, 4.69) is 25.6 Å². The topological polar surface area (TPSA) is 79.8 Å². The third-order valence-electron chi connectivity index (χ3n) is 4.08. The fraction of sp³-hybridized carbons (Fsp3) is 0.100. The van der Waals surface area contributed by atoms with Crippen molar-refractivity contribution in [2.24, 2.45) is 0 Å². The molecule has 0 fully saturated rings. The van der Waals surface area contributed by atoms with Gasteiger partial charge in [-0.25, -0.2) is 15.0 Å². The Morgan fingerprint density at radius 3 is 2.57 bits per heavy atom. The second-order valence-electron chi connectivity index (χ2n) is 6.33. The zero-order valence-electron chi connectivity index (χ0n) is 15.9. The molecule has 0 aliphatic heterocycles. The third kappa shape index (κ3) is 4.62. The van der Waals surface area contributed by atoms with Gasteiger partial charge in [-0.2, -0.15) is 0 Å². The van der Waals surface area contributed by atoms with Crippen LogP contribution in [0.25, 0.3) is 10.6 Å². The largest absolute Gasteiger partial charge is 0.322 e. The van der Waals surface area contributed by atoms with Crippen LogP contribution in [0.4, 0.5) is 16.6 Å². The molecule has 0 atom stereocenters. The van der Waals surface area contributed by atoms with Gasteiger partial charge in [-0.15, -0.1) is 22.7 Å². The van der Waals surface area contributed by atoms with Crippen LogP contribution in [0.5, 0.6) is 0 Å². The first-order valence-corrected chi connectivity index (χ1v) is 11.2. The molecule has 1 aromatic carbocycles. The summed E-state index contributed by atoms with van der Waals surface area (Å²) < 4.78 is 0. The van der Waals surface area contributed by atoms with E-state index in [0.717, 1.165) is 26.4 Å². The van der Waals surface area contributed by atoms with Crippen molar-refractivity contribution in [1.29, 1.82) is 0 Å². The molecule has 0 saturated carbocycles. The molecule has 3 aromatic heterocycles. The van der Waals surface area contributed by atoms with Crippen LogP contribution in [0.3, 0.4) is 0 Å².